The molecule has 9 heteroatoms. The molecule has 0 aromatic rings. The highest BCUT2D eigenvalue weighted by Crippen LogP contribution is 2.01. The second kappa shape index (κ2) is 14.9. The number of rotatable bonds is 15. The van der Waals surface area contributed by atoms with Gasteiger partial charge >= 0.3 is 5.97 Å². The first-order valence-electron chi connectivity index (χ1n) is 8.15. The molecule has 140 valence electrons. The van der Waals surface area contributed by atoms with Gasteiger partial charge < -0.3 is 30.9 Å². The Bertz CT molecular complexity index is 378. The Balaban J connectivity index is 3.83. The van der Waals surface area contributed by atoms with Gasteiger partial charge in [-0.15, -0.1) is 0 Å². The van der Waals surface area contributed by atoms with Gasteiger partial charge in [0.25, 0.3) is 0 Å². The van der Waals surface area contributed by atoms with Gasteiger partial charge in [0.2, 0.25) is 11.8 Å². The summed E-state index contributed by atoms with van der Waals surface area (Å²) in [5, 5.41) is 14.1. The first kappa shape index (κ1) is 22.3. The van der Waals surface area contributed by atoms with E-state index in [1.54, 1.807) is 0 Å². The molecular weight excluding hydrogens is 318 g/mol. The van der Waals surface area contributed by atoms with Crippen LogP contribution in [0.15, 0.2) is 0 Å². The predicted molar refractivity (Wildman–Crippen MR) is 87.4 cm³/mol. The van der Waals surface area contributed by atoms with Crippen LogP contribution in [0.4, 0.5) is 0 Å². The number of ether oxygens (including phenoxy) is 2. The lowest BCUT2D eigenvalue weighted by molar-refractivity contribution is -0.142. The summed E-state index contributed by atoms with van der Waals surface area (Å²) in [6.45, 7) is 3.47. The molecule has 2 amide bonds. The first-order chi connectivity index (χ1) is 11.5. The fourth-order valence-corrected chi connectivity index (χ4v) is 1.80. The quantitative estimate of drug-likeness (QED) is 0.286. The number of carboxylic acids is 1. The molecule has 0 rings (SSSR count). The van der Waals surface area contributed by atoms with E-state index in [9.17, 15) is 14.4 Å². The van der Waals surface area contributed by atoms with Crippen molar-refractivity contribution in [2.75, 3.05) is 39.5 Å². The van der Waals surface area contributed by atoms with Gasteiger partial charge in [-0.3, -0.25) is 9.59 Å². The van der Waals surface area contributed by atoms with E-state index in [0.29, 0.717) is 32.6 Å². The molecule has 0 aliphatic rings. The van der Waals surface area contributed by atoms with E-state index in [1.165, 1.54) is 0 Å². The number of carboxylic acid groups (broad SMARTS) is 1. The summed E-state index contributed by atoms with van der Waals surface area (Å²) in [6, 6.07) is -0.970. The molecule has 0 spiro atoms. The number of hydrogen-bond acceptors (Lipinski definition) is 6. The number of nitrogens with one attached hydrogen (secondary N) is 2. The van der Waals surface area contributed by atoms with Crippen molar-refractivity contribution in [2.45, 2.75) is 38.6 Å². The minimum Gasteiger partial charge on any atom is -0.480 e. The summed E-state index contributed by atoms with van der Waals surface area (Å²) in [6.07, 6.45) is 2.35. The first-order valence-corrected chi connectivity index (χ1v) is 8.15. The van der Waals surface area contributed by atoms with Crippen molar-refractivity contribution in [3.05, 3.63) is 0 Å². The lowest BCUT2D eigenvalue weighted by Gasteiger charge is -2.14. The molecule has 1 unspecified atom stereocenters. The Morgan fingerprint density at radius 2 is 1.79 bits per heavy atom. The molecule has 0 fully saturated rings. The molecule has 0 radical (unpaired) electrons. The topological polar surface area (TPSA) is 140 Å². The van der Waals surface area contributed by atoms with Crippen LogP contribution in [0.3, 0.4) is 0 Å². The van der Waals surface area contributed by atoms with Gasteiger partial charge in [0.05, 0.1) is 19.8 Å². The van der Waals surface area contributed by atoms with Crippen LogP contribution in [0, 0.1) is 0 Å². The predicted octanol–water partition coefficient (Wildman–Crippen LogP) is -0.756. The van der Waals surface area contributed by atoms with Crippen LogP contribution in [0.2, 0.25) is 0 Å². The van der Waals surface area contributed by atoms with Crippen molar-refractivity contribution in [1.82, 2.24) is 10.6 Å². The third kappa shape index (κ3) is 12.8. The van der Waals surface area contributed by atoms with Crippen molar-refractivity contribution in [2.24, 2.45) is 5.73 Å². The second-order valence-corrected chi connectivity index (χ2v) is 5.17. The van der Waals surface area contributed by atoms with Crippen LogP contribution in [0.5, 0.6) is 0 Å². The normalized spacial score (nSPS) is 11.8. The summed E-state index contributed by atoms with van der Waals surface area (Å²) < 4.78 is 10.3. The van der Waals surface area contributed by atoms with Crippen molar-refractivity contribution in [3.8, 4) is 0 Å². The average molecular weight is 347 g/mol. The lowest BCUT2D eigenvalue weighted by atomic mass is 10.1. The maximum atomic E-state index is 11.7. The highest BCUT2D eigenvalue weighted by molar-refractivity contribution is 5.84. The molecule has 0 aromatic heterocycles. The molecule has 24 heavy (non-hydrogen) atoms. The van der Waals surface area contributed by atoms with Crippen LogP contribution in [0.1, 0.15) is 32.6 Å². The van der Waals surface area contributed by atoms with Crippen molar-refractivity contribution in [1.29, 1.82) is 0 Å². The number of amides is 2. The van der Waals surface area contributed by atoms with E-state index in [1.807, 2.05) is 6.92 Å². The largest absolute Gasteiger partial charge is 0.480 e. The van der Waals surface area contributed by atoms with E-state index in [4.69, 9.17) is 20.3 Å². The molecule has 9 nitrogen and oxygen atoms in total. The lowest BCUT2D eigenvalue weighted by Crippen LogP contribution is -2.42. The molecule has 0 bridgehead atoms. The van der Waals surface area contributed by atoms with Crippen LogP contribution in [-0.4, -0.2) is 68.4 Å². The third-order valence-electron chi connectivity index (χ3n) is 3.01. The zero-order valence-electron chi connectivity index (χ0n) is 14.2. The van der Waals surface area contributed by atoms with Gasteiger partial charge in [-0.05, 0) is 25.7 Å². The van der Waals surface area contributed by atoms with E-state index >= 15 is 0 Å². The molecule has 1 atom stereocenters. The van der Waals surface area contributed by atoms with E-state index < -0.39 is 17.9 Å². The molecule has 0 saturated carbocycles. The van der Waals surface area contributed by atoms with Gasteiger partial charge in [0, 0.05) is 13.2 Å². The van der Waals surface area contributed by atoms with E-state index in [2.05, 4.69) is 10.6 Å². The average Bonchev–Trinajstić information content (AvgIpc) is 2.56. The Hall–Kier alpha value is -1.71. The number of carbonyl (C=O) groups is 3. The van der Waals surface area contributed by atoms with Gasteiger partial charge in [-0.1, -0.05) is 6.92 Å². The molecule has 0 aliphatic carbocycles. The van der Waals surface area contributed by atoms with Crippen molar-refractivity contribution >= 4 is 17.8 Å². The summed E-state index contributed by atoms with van der Waals surface area (Å²) in [5.41, 5.74) is 5.15. The second-order valence-electron chi connectivity index (χ2n) is 5.17. The van der Waals surface area contributed by atoms with Crippen molar-refractivity contribution in [3.63, 3.8) is 0 Å². The van der Waals surface area contributed by atoms with Crippen LogP contribution >= 0.6 is 0 Å². The highest BCUT2D eigenvalue weighted by Gasteiger charge is 2.19. The summed E-state index contributed by atoms with van der Waals surface area (Å²) >= 11 is 0. The molecular formula is C15H29N3O6. The van der Waals surface area contributed by atoms with Crippen LogP contribution in [-0.2, 0) is 23.9 Å². The Labute approximate surface area is 142 Å². The molecule has 0 saturated heterocycles. The standard InChI is InChI=1S/C15H29N3O6/c1-2-7-23-8-9-24-11-14(20)18-12(15(21)22)5-3-4-6-17-13(19)10-16/h12H,2-11,16H2,1H3,(H,17,19)(H,18,20)(H,21,22). The van der Waals surface area contributed by atoms with Crippen LogP contribution in [0.25, 0.3) is 0 Å². The maximum absolute atomic E-state index is 11.7. The summed E-state index contributed by atoms with van der Waals surface area (Å²) in [5.74, 6) is -1.83. The Morgan fingerprint density at radius 1 is 1.08 bits per heavy atom. The zero-order chi connectivity index (χ0) is 18.2. The molecule has 5 N–H and O–H groups in total. The van der Waals surface area contributed by atoms with Gasteiger partial charge in [0.1, 0.15) is 12.6 Å². The number of nitrogens with two attached hydrogens (primary N) is 1. The maximum Gasteiger partial charge on any atom is 0.326 e. The van der Waals surface area contributed by atoms with Gasteiger partial charge in [-0.25, -0.2) is 4.79 Å². The molecule has 0 aliphatic heterocycles. The van der Waals surface area contributed by atoms with E-state index in [0.717, 1.165) is 6.42 Å². The van der Waals surface area contributed by atoms with Gasteiger partial charge in [0.15, 0.2) is 0 Å². The number of carbonyl (C=O) groups excluding carboxylic acids is 2. The minimum atomic E-state index is -1.10. The molecule has 0 aromatic carbocycles. The number of aliphatic carboxylic acids is 1. The van der Waals surface area contributed by atoms with Gasteiger partial charge in [-0.2, -0.15) is 0 Å². The third-order valence-corrected chi connectivity index (χ3v) is 3.01. The zero-order valence-corrected chi connectivity index (χ0v) is 14.2. The van der Waals surface area contributed by atoms with Crippen LogP contribution < -0.4 is 16.4 Å². The SMILES string of the molecule is CCCOCCOCC(=O)NC(CCCCNC(=O)CN)C(=O)O. The summed E-state index contributed by atoms with van der Waals surface area (Å²) in [7, 11) is 0. The fraction of sp³-hybridized carbons (Fsp3) is 0.800. The smallest absolute Gasteiger partial charge is 0.326 e. The van der Waals surface area contributed by atoms with E-state index in [-0.39, 0.29) is 32.1 Å². The number of hydrogen-bond donors (Lipinski definition) is 4. The highest BCUT2D eigenvalue weighted by atomic mass is 16.5. The number of unbranched alkanes of at least 4 members (excludes halogenated alkanes) is 1. The Kier molecular flexibility index (Phi) is 13.8. The van der Waals surface area contributed by atoms with Crippen molar-refractivity contribution < 1.29 is 29.0 Å². The minimum absolute atomic E-state index is 0.0721. The molecule has 0 heterocycles. The summed E-state index contributed by atoms with van der Waals surface area (Å²) in [4.78, 5) is 33.7. The fourth-order valence-electron chi connectivity index (χ4n) is 1.80. The Morgan fingerprint density at radius 3 is 2.42 bits per heavy atom. The monoisotopic (exact) mass is 347 g/mol.